The summed E-state index contributed by atoms with van der Waals surface area (Å²) in [6.07, 6.45) is 9.94. The van der Waals surface area contributed by atoms with Gasteiger partial charge < -0.3 is 0 Å². The van der Waals surface area contributed by atoms with Gasteiger partial charge in [0.05, 0.1) is 0 Å². The Bertz CT molecular complexity index is 361. The van der Waals surface area contributed by atoms with Crippen LogP contribution in [0.3, 0.4) is 0 Å². The highest BCUT2D eigenvalue weighted by molar-refractivity contribution is 7.97. The van der Waals surface area contributed by atoms with E-state index in [-0.39, 0.29) is 0 Å². The molecule has 98 valence electrons. The zero-order valence-electron chi connectivity index (χ0n) is 11.2. The highest BCUT2D eigenvalue weighted by Crippen LogP contribution is 2.29. The summed E-state index contributed by atoms with van der Waals surface area (Å²) in [4.78, 5) is 0. The van der Waals surface area contributed by atoms with Crippen LogP contribution in [-0.2, 0) is 0 Å². The van der Waals surface area contributed by atoms with Gasteiger partial charge in [-0.15, -0.1) is 0 Å². The average molecular weight is 261 g/mol. The van der Waals surface area contributed by atoms with E-state index in [9.17, 15) is 0 Å². The van der Waals surface area contributed by atoms with Crippen LogP contribution in [0.1, 0.15) is 38.2 Å². The number of unbranched alkanes of at least 4 members (excludes halogenated alkanes) is 1. The van der Waals surface area contributed by atoms with E-state index in [4.69, 9.17) is 0 Å². The highest BCUT2D eigenvalue weighted by Gasteiger charge is 2.23. The number of hydrogen-bond donors (Lipinski definition) is 0. The summed E-state index contributed by atoms with van der Waals surface area (Å²) < 4.78 is 2.56. The SMILES string of the molecule is CCCCC1CCSN1CC=Cc1ccccc1. The van der Waals surface area contributed by atoms with E-state index in [2.05, 4.69) is 53.7 Å². The molecule has 0 spiro atoms. The predicted octanol–water partition coefficient (Wildman–Crippen LogP) is 4.61. The van der Waals surface area contributed by atoms with Crippen molar-refractivity contribution in [2.75, 3.05) is 12.3 Å². The van der Waals surface area contributed by atoms with Gasteiger partial charge in [0.2, 0.25) is 0 Å². The molecule has 0 aliphatic carbocycles. The van der Waals surface area contributed by atoms with Crippen molar-refractivity contribution in [3.8, 4) is 0 Å². The fraction of sp³-hybridized carbons (Fsp3) is 0.500. The second kappa shape index (κ2) is 7.65. The quantitative estimate of drug-likeness (QED) is 0.688. The molecular formula is C16H23NS. The molecule has 1 aliphatic rings. The maximum Gasteiger partial charge on any atom is 0.0276 e. The smallest absolute Gasteiger partial charge is 0.0276 e. The Balaban J connectivity index is 1.80. The lowest BCUT2D eigenvalue weighted by molar-refractivity contribution is 0.365. The molecule has 2 rings (SSSR count). The third-order valence-corrected chi connectivity index (χ3v) is 4.60. The molecule has 1 aromatic rings. The first-order valence-electron chi connectivity index (χ1n) is 7.01. The van der Waals surface area contributed by atoms with Crippen LogP contribution in [0.25, 0.3) is 6.08 Å². The maximum atomic E-state index is 2.56. The van der Waals surface area contributed by atoms with Gasteiger partial charge in [0.1, 0.15) is 0 Å². The van der Waals surface area contributed by atoms with E-state index in [1.165, 1.54) is 37.0 Å². The number of nitrogens with zero attached hydrogens (tertiary/aromatic N) is 1. The lowest BCUT2D eigenvalue weighted by Crippen LogP contribution is -2.24. The fourth-order valence-electron chi connectivity index (χ4n) is 2.34. The molecule has 1 unspecified atom stereocenters. The molecule has 0 radical (unpaired) electrons. The molecular weight excluding hydrogens is 238 g/mol. The topological polar surface area (TPSA) is 3.24 Å². The Morgan fingerprint density at radius 3 is 2.94 bits per heavy atom. The molecule has 1 heterocycles. The zero-order chi connectivity index (χ0) is 12.6. The minimum absolute atomic E-state index is 0.801. The molecule has 1 aliphatic heterocycles. The maximum absolute atomic E-state index is 2.56. The minimum Gasteiger partial charge on any atom is -0.244 e. The Morgan fingerprint density at radius 2 is 2.17 bits per heavy atom. The van der Waals surface area contributed by atoms with Gasteiger partial charge in [0.15, 0.2) is 0 Å². The van der Waals surface area contributed by atoms with Crippen molar-refractivity contribution in [1.82, 2.24) is 4.31 Å². The molecule has 0 amide bonds. The summed E-state index contributed by atoms with van der Waals surface area (Å²) in [6.45, 7) is 3.36. The number of rotatable bonds is 6. The highest BCUT2D eigenvalue weighted by atomic mass is 32.2. The Labute approximate surface area is 115 Å². The number of hydrogen-bond acceptors (Lipinski definition) is 2. The second-order valence-electron chi connectivity index (χ2n) is 4.83. The largest absolute Gasteiger partial charge is 0.244 e. The second-order valence-corrected chi connectivity index (χ2v) is 5.97. The first-order valence-corrected chi connectivity index (χ1v) is 7.95. The predicted molar refractivity (Wildman–Crippen MR) is 82.6 cm³/mol. The van der Waals surface area contributed by atoms with Gasteiger partial charge in [0, 0.05) is 18.3 Å². The van der Waals surface area contributed by atoms with Crippen LogP contribution in [0.5, 0.6) is 0 Å². The summed E-state index contributed by atoms with van der Waals surface area (Å²) in [7, 11) is 0. The van der Waals surface area contributed by atoms with Gasteiger partial charge >= 0.3 is 0 Å². The first kappa shape index (κ1) is 13.7. The molecule has 0 bridgehead atoms. The third-order valence-electron chi connectivity index (χ3n) is 3.40. The van der Waals surface area contributed by atoms with Crippen molar-refractivity contribution in [2.45, 2.75) is 38.6 Å². The summed E-state index contributed by atoms with van der Waals surface area (Å²) >= 11 is 2.02. The van der Waals surface area contributed by atoms with Gasteiger partial charge in [-0.2, -0.15) is 0 Å². The van der Waals surface area contributed by atoms with Crippen LogP contribution in [0.2, 0.25) is 0 Å². The van der Waals surface area contributed by atoms with E-state index in [0.29, 0.717) is 0 Å². The Kier molecular flexibility index (Phi) is 5.82. The average Bonchev–Trinajstić information content (AvgIpc) is 2.85. The molecule has 1 saturated heterocycles. The first-order chi connectivity index (χ1) is 8.90. The lowest BCUT2D eigenvalue weighted by atomic mass is 10.1. The molecule has 0 aromatic heterocycles. The van der Waals surface area contributed by atoms with Crippen LogP contribution < -0.4 is 0 Å². The third kappa shape index (κ3) is 4.18. The zero-order valence-corrected chi connectivity index (χ0v) is 12.0. The van der Waals surface area contributed by atoms with Gasteiger partial charge in [-0.05, 0) is 18.4 Å². The Morgan fingerprint density at radius 1 is 1.33 bits per heavy atom. The molecule has 0 N–H and O–H groups in total. The van der Waals surface area contributed by atoms with Crippen LogP contribution in [0.4, 0.5) is 0 Å². The normalized spacial score (nSPS) is 20.8. The van der Waals surface area contributed by atoms with Gasteiger partial charge in [-0.1, -0.05) is 74.2 Å². The molecule has 1 atom stereocenters. The van der Waals surface area contributed by atoms with Crippen molar-refractivity contribution < 1.29 is 0 Å². The molecule has 1 nitrogen and oxygen atoms in total. The van der Waals surface area contributed by atoms with Crippen LogP contribution in [-0.4, -0.2) is 22.6 Å². The van der Waals surface area contributed by atoms with E-state index in [0.717, 1.165) is 12.6 Å². The standard InChI is InChI=1S/C16H23NS/c1-2-3-11-16-12-14-18-17(16)13-7-10-15-8-5-4-6-9-15/h4-10,16H,2-3,11-14H2,1H3. The van der Waals surface area contributed by atoms with E-state index >= 15 is 0 Å². The summed E-state index contributed by atoms with van der Waals surface area (Å²) in [6, 6.07) is 11.4. The van der Waals surface area contributed by atoms with E-state index in [1.54, 1.807) is 0 Å². The van der Waals surface area contributed by atoms with Crippen LogP contribution in [0.15, 0.2) is 36.4 Å². The molecule has 18 heavy (non-hydrogen) atoms. The van der Waals surface area contributed by atoms with Crippen molar-refractivity contribution >= 4 is 18.0 Å². The molecule has 0 saturated carbocycles. The fourth-order valence-corrected chi connectivity index (χ4v) is 3.57. The van der Waals surface area contributed by atoms with Crippen molar-refractivity contribution in [3.05, 3.63) is 42.0 Å². The lowest BCUT2D eigenvalue weighted by Gasteiger charge is -2.21. The van der Waals surface area contributed by atoms with Gasteiger partial charge in [-0.25, -0.2) is 4.31 Å². The van der Waals surface area contributed by atoms with E-state index in [1.807, 2.05) is 11.9 Å². The van der Waals surface area contributed by atoms with Gasteiger partial charge in [0.25, 0.3) is 0 Å². The van der Waals surface area contributed by atoms with Crippen molar-refractivity contribution in [2.24, 2.45) is 0 Å². The van der Waals surface area contributed by atoms with Crippen molar-refractivity contribution in [1.29, 1.82) is 0 Å². The van der Waals surface area contributed by atoms with Crippen molar-refractivity contribution in [3.63, 3.8) is 0 Å². The summed E-state index contributed by atoms with van der Waals surface area (Å²) in [5.74, 6) is 1.30. The van der Waals surface area contributed by atoms with Crippen LogP contribution in [0, 0.1) is 0 Å². The monoisotopic (exact) mass is 261 g/mol. The van der Waals surface area contributed by atoms with Crippen LogP contribution >= 0.6 is 11.9 Å². The summed E-state index contributed by atoms with van der Waals surface area (Å²) in [5.41, 5.74) is 1.30. The Hall–Kier alpha value is -0.730. The van der Waals surface area contributed by atoms with Gasteiger partial charge in [-0.3, -0.25) is 0 Å². The number of benzene rings is 1. The summed E-state index contributed by atoms with van der Waals surface area (Å²) in [5, 5.41) is 0. The minimum atomic E-state index is 0.801. The molecule has 2 heteroatoms. The van der Waals surface area contributed by atoms with E-state index < -0.39 is 0 Å². The molecule has 1 fully saturated rings. The molecule has 1 aromatic carbocycles.